The highest BCUT2D eigenvalue weighted by Gasteiger charge is 2.43. The fraction of sp³-hybridized carbons (Fsp3) is 0.533. The zero-order chi connectivity index (χ0) is 16.4. The molecule has 0 amide bonds. The molecule has 1 aromatic carbocycles. The van der Waals surface area contributed by atoms with E-state index in [1.807, 2.05) is 42.2 Å². The molecule has 2 atom stereocenters. The van der Waals surface area contributed by atoms with Crippen molar-refractivity contribution in [2.75, 3.05) is 13.1 Å². The lowest BCUT2D eigenvalue weighted by Gasteiger charge is -2.36. The molecule has 0 spiro atoms. The largest absolute Gasteiger partial charge is 0.393 e. The Morgan fingerprint density at radius 3 is 2.65 bits per heavy atom. The first-order chi connectivity index (χ1) is 11.0. The van der Waals surface area contributed by atoms with Crippen LogP contribution in [0.25, 0.3) is 5.69 Å². The molecule has 0 radical (unpaired) electrons. The molecule has 23 heavy (non-hydrogen) atoms. The molecule has 1 aromatic heterocycles. The van der Waals surface area contributed by atoms with E-state index in [-0.39, 0.29) is 19.0 Å². The first kappa shape index (κ1) is 15.9. The number of aromatic nitrogens is 4. The van der Waals surface area contributed by atoms with Gasteiger partial charge in [0.2, 0.25) is 0 Å². The second kappa shape index (κ2) is 6.27. The molecule has 2 aromatic rings. The Bertz CT molecular complexity index is 640. The van der Waals surface area contributed by atoms with Crippen LogP contribution in [0.4, 0.5) is 13.2 Å². The highest BCUT2D eigenvalue weighted by atomic mass is 19.4. The Morgan fingerprint density at radius 2 is 1.96 bits per heavy atom. The van der Waals surface area contributed by atoms with Gasteiger partial charge in [0, 0.05) is 6.54 Å². The molecule has 0 unspecified atom stereocenters. The van der Waals surface area contributed by atoms with Crippen molar-refractivity contribution in [1.82, 2.24) is 25.1 Å². The van der Waals surface area contributed by atoms with E-state index >= 15 is 0 Å². The van der Waals surface area contributed by atoms with Gasteiger partial charge >= 0.3 is 6.18 Å². The third-order valence-corrected chi connectivity index (χ3v) is 4.33. The molecule has 8 heteroatoms. The molecule has 3 rings (SSSR count). The van der Waals surface area contributed by atoms with Crippen LogP contribution in [0.3, 0.4) is 0 Å². The lowest BCUT2D eigenvalue weighted by molar-refractivity contribution is -0.188. The number of nitrogens with zero attached hydrogens (tertiary/aromatic N) is 5. The van der Waals surface area contributed by atoms with Crippen LogP contribution in [0, 0.1) is 5.92 Å². The SMILES string of the molecule is C[C@@H](c1nnnn1-c1ccccc1)N1CCC[C@@H](C(F)(F)F)C1. The van der Waals surface area contributed by atoms with Gasteiger partial charge in [-0.15, -0.1) is 5.10 Å². The van der Waals surface area contributed by atoms with Crippen LogP contribution in [-0.2, 0) is 0 Å². The molecule has 5 nitrogen and oxygen atoms in total. The van der Waals surface area contributed by atoms with Crippen molar-refractivity contribution in [1.29, 1.82) is 0 Å². The maximum absolute atomic E-state index is 13.0. The van der Waals surface area contributed by atoms with Gasteiger partial charge < -0.3 is 0 Å². The molecule has 1 saturated heterocycles. The van der Waals surface area contributed by atoms with E-state index in [1.54, 1.807) is 4.68 Å². The number of para-hydroxylation sites is 1. The third kappa shape index (κ3) is 3.36. The Labute approximate surface area is 132 Å². The van der Waals surface area contributed by atoms with E-state index in [0.29, 0.717) is 18.8 Å². The summed E-state index contributed by atoms with van der Waals surface area (Å²) in [7, 11) is 0. The lowest BCUT2D eigenvalue weighted by atomic mass is 9.96. The van der Waals surface area contributed by atoms with Crippen molar-refractivity contribution < 1.29 is 13.2 Å². The van der Waals surface area contributed by atoms with E-state index in [2.05, 4.69) is 15.5 Å². The minimum Gasteiger partial charge on any atom is -0.293 e. The molecule has 0 N–H and O–H groups in total. The molecule has 0 saturated carbocycles. The zero-order valence-electron chi connectivity index (χ0n) is 12.7. The van der Waals surface area contributed by atoms with Gasteiger partial charge in [-0.25, -0.2) is 0 Å². The summed E-state index contributed by atoms with van der Waals surface area (Å²) in [6.45, 7) is 2.46. The minimum absolute atomic E-state index is 0.00762. The van der Waals surface area contributed by atoms with Gasteiger partial charge in [-0.2, -0.15) is 17.9 Å². The summed E-state index contributed by atoms with van der Waals surface area (Å²) >= 11 is 0. The average Bonchev–Trinajstić information content (AvgIpc) is 3.04. The standard InChI is InChI=1S/C15H18F3N5/c1-11(22-9-5-6-12(10-22)15(16,17)18)14-19-20-21-23(14)13-7-3-2-4-8-13/h2-4,7-8,11-12H,5-6,9-10H2,1H3/t11-,12+/m0/s1. The van der Waals surface area contributed by atoms with Crippen LogP contribution in [0.2, 0.25) is 0 Å². The summed E-state index contributed by atoms with van der Waals surface area (Å²) in [6.07, 6.45) is -3.43. The highest BCUT2D eigenvalue weighted by molar-refractivity contribution is 5.30. The number of benzene rings is 1. The van der Waals surface area contributed by atoms with Gasteiger partial charge in [0.25, 0.3) is 0 Å². The van der Waals surface area contributed by atoms with Crippen molar-refractivity contribution in [3.05, 3.63) is 36.2 Å². The number of hydrogen-bond acceptors (Lipinski definition) is 4. The maximum Gasteiger partial charge on any atom is 0.393 e. The maximum atomic E-state index is 13.0. The molecule has 1 aliphatic heterocycles. The summed E-state index contributed by atoms with van der Waals surface area (Å²) in [6, 6.07) is 9.06. The number of halogens is 3. The number of alkyl halides is 3. The summed E-state index contributed by atoms with van der Waals surface area (Å²) in [5, 5.41) is 11.7. The van der Waals surface area contributed by atoms with Crippen molar-refractivity contribution in [2.45, 2.75) is 32.0 Å². The summed E-state index contributed by atoms with van der Waals surface area (Å²) < 4.78 is 40.6. The van der Waals surface area contributed by atoms with Crippen molar-refractivity contribution in [3.63, 3.8) is 0 Å². The van der Waals surface area contributed by atoms with Gasteiger partial charge in [-0.1, -0.05) is 18.2 Å². The van der Waals surface area contributed by atoms with Crippen LogP contribution in [0.5, 0.6) is 0 Å². The van der Waals surface area contributed by atoms with Crippen LogP contribution in [0.1, 0.15) is 31.6 Å². The Morgan fingerprint density at radius 1 is 1.22 bits per heavy atom. The topological polar surface area (TPSA) is 46.8 Å². The van der Waals surface area contributed by atoms with Crippen LogP contribution in [-0.4, -0.2) is 44.4 Å². The molecule has 1 fully saturated rings. The second-order valence-corrected chi connectivity index (χ2v) is 5.84. The first-order valence-electron chi connectivity index (χ1n) is 7.61. The number of tetrazole rings is 1. The van der Waals surface area contributed by atoms with Crippen molar-refractivity contribution in [2.24, 2.45) is 5.92 Å². The van der Waals surface area contributed by atoms with Gasteiger partial charge in [0.15, 0.2) is 5.82 Å². The fourth-order valence-corrected chi connectivity index (χ4v) is 3.00. The van der Waals surface area contributed by atoms with E-state index in [4.69, 9.17) is 0 Å². The normalized spacial score (nSPS) is 21.3. The Balaban J connectivity index is 1.81. The zero-order valence-corrected chi connectivity index (χ0v) is 12.7. The van der Waals surface area contributed by atoms with Gasteiger partial charge in [-0.3, -0.25) is 4.90 Å². The van der Waals surface area contributed by atoms with Crippen LogP contribution < -0.4 is 0 Å². The number of rotatable bonds is 3. The van der Waals surface area contributed by atoms with Gasteiger partial charge in [0.05, 0.1) is 17.6 Å². The van der Waals surface area contributed by atoms with Crippen LogP contribution >= 0.6 is 0 Å². The first-order valence-corrected chi connectivity index (χ1v) is 7.61. The van der Waals surface area contributed by atoms with E-state index in [0.717, 1.165) is 5.69 Å². The Hall–Kier alpha value is -1.96. The predicted octanol–water partition coefficient (Wildman–Crippen LogP) is 3.00. The molecule has 1 aliphatic rings. The molecule has 0 bridgehead atoms. The highest BCUT2D eigenvalue weighted by Crippen LogP contribution is 2.35. The third-order valence-electron chi connectivity index (χ3n) is 4.33. The summed E-state index contributed by atoms with van der Waals surface area (Å²) in [5.74, 6) is -0.723. The number of hydrogen-bond donors (Lipinski definition) is 0. The molecular formula is C15H18F3N5. The van der Waals surface area contributed by atoms with E-state index < -0.39 is 12.1 Å². The molecule has 124 valence electrons. The van der Waals surface area contributed by atoms with E-state index in [1.165, 1.54) is 0 Å². The van der Waals surface area contributed by atoms with Gasteiger partial charge in [-0.05, 0) is 48.9 Å². The fourth-order valence-electron chi connectivity index (χ4n) is 3.00. The number of likely N-dealkylation sites (tertiary alicyclic amines) is 1. The van der Waals surface area contributed by atoms with Crippen LogP contribution in [0.15, 0.2) is 30.3 Å². The average molecular weight is 325 g/mol. The minimum atomic E-state index is -4.15. The quantitative estimate of drug-likeness (QED) is 0.870. The molecule has 0 aliphatic carbocycles. The monoisotopic (exact) mass is 325 g/mol. The smallest absolute Gasteiger partial charge is 0.293 e. The number of piperidine rings is 1. The predicted molar refractivity (Wildman–Crippen MR) is 77.9 cm³/mol. The second-order valence-electron chi connectivity index (χ2n) is 5.84. The molecular weight excluding hydrogens is 307 g/mol. The van der Waals surface area contributed by atoms with Crippen molar-refractivity contribution >= 4 is 0 Å². The van der Waals surface area contributed by atoms with Gasteiger partial charge in [0.1, 0.15) is 0 Å². The summed E-state index contributed by atoms with van der Waals surface area (Å²) in [4.78, 5) is 1.81. The van der Waals surface area contributed by atoms with Crippen molar-refractivity contribution in [3.8, 4) is 5.69 Å². The Kier molecular flexibility index (Phi) is 4.34. The lowest BCUT2D eigenvalue weighted by Crippen LogP contribution is -2.43. The van der Waals surface area contributed by atoms with E-state index in [9.17, 15) is 13.2 Å². The summed E-state index contributed by atoms with van der Waals surface area (Å²) in [5.41, 5.74) is 0.795. The molecule has 2 heterocycles.